The maximum Gasteiger partial charge on any atom is 0.243 e. The van der Waals surface area contributed by atoms with E-state index in [1.54, 1.807) is 18.2 Å². The molecule has 30 heavy (non-hydrogen) atoms. The van der Waals surface area contributed by atoms with Crippen LogP contribution >= 0.6 is 23.4 Å². The summed E-state index contributed by atoms with van der Waals surface area (Å²) in [5, 5.41) is 5.64. The lowest BCUT2D eigenvalue weighted by Gasteiger charge is -2.18. The first-order valence-corrected chi connectivity index (χ1v) is 11.7. The number of likely N-dealkylation sites (N-methyl/N-ethyl adjacent to an activating group) is 1. The summed E-state index contributed by atoms with van der Waals surface area (Å²) in [6.07, 6.45) is 0.358. The van der Waals surface area contributed by atoms with Crippen molar-refractivity contribution in [3.63, 3.8) is 0 Å². The van der Waals surface area contributed by atoms with E-state index in [2.05, 4.69) is 10.6 Å². The SMILES string of the molecule is COc1ccc(NC(=O)CN(C)S(=O)(=O)c2ccc3c(c2)NC(=O)CCS3)cc1Cl. The Morgan fingerprint density at radius 1 is 1.30 bits per heavy atom. The van der Waals surface area contributed by atoms with Crippen LogP contribution in [0.5, 0.6) is 5.75 Å². The molecule has 1 aliphatic rings. The zero-order valence-electron chi connectivity index (χ0n) is 16.3. The maximum absolute atomic E-state index is 12.9. The third-order valence-corrected chi connectivity index (χ3v) is 7.49. The topological polar surface area (TPSA) is 105 Å². The lowest BCUT2D eigenvalue weighted by atomic mass is 10.3. The van der Waals surface area contributed by atoms with E-state index in [4.69, 9.17) is 16.3 Å². The van der Waals surface area contributed by atoms with Crippen LogP contribution in [-0.2, 0) is 19.6 Å². The molecule has 0 fully saturated rings. The highest BCUT2D eigenvalue weighted by molar-refractivity contribution is 7.99. The average molecular weight is 470 g/mol. The Balaban J connectivity index is 1.72. The molecule has 2 aromatic rings. The minimum atomic E-state index is -3.94. The van der Waals surface area contributed by atoms with Gasteiger partial charge in [-0.2, -0.15) is 4.31 Å². The van der Waals surface area contributed by atoms with E-state index in [-0.39, 0.29) is 10.8 Å². The average Bonchev–Trinajstić information content (AvgIpc) is 2.87. The van der Waals surface area contributed by atoms with Crippen molar-refractivity contribution in [1.82, 2.24) is 4.31 Å². The van der Waals surface area contributed by atoms with Crippen molar-refractivity contribution in [2.24, 2.45) is 0 Å². The molecule has 3 rings (SSSR count). The van der Waals surface area contributed by atoms with E-state index in [9.17, 15) is 18.0 Å². The van der Waals surface area contributed by atoms with Gasteiger partial charge in [-0.25, -0.2) is 8.42 Å². The third-order valence-electron chi connectivity index (χ3n) is 4.32. The number of ether oxygens (including phenoxy) is 1. The van der Waals surface area contributed by atoms with E-state index in [1.165, 1.54) is 44.1 Å². The van der Waals surface area contributed by atoms with Gasteiger partial charge in [0.1, 0.15) is 5.75 Å². The molecular formula is C19H20ClN3O5S2. The number of hydrogen-bond acceptors (Lipinski definition) is 6. The van der Waals surface area contributed by atoms with Crippen molar-refractivity contribution in [2.45, 2.75) is 16.2 Å². The predicted molar refractivity (Wildman–Crippen MR) is 117 cm³/mol. The van der Waals surface area contributed by atoms with Crippen LogP contribution in [0.25, 0.3) is 0 Å². The molecule has 1 aliphatic heterocycles. The molecule has 160 valence electrons. The number of sulfonamides is 1. The molecule has 11 heteroatoms. The largest absolute Gasteiger partial charge is 0.495 e. The van der Waals surface area contributed by atoms with Crippen molar-refractivity contribution in [1.29, 1.82) is 0 Å². The van der Waals surface area contributed by atoms with Crippen LogP contribution in [0.4, 0.5) is 11.4 Å². The van der Waals surface area contributed by atoms with Gasteiger partial charge in [0.15, 0.2) is 0 Å². The quantitative estimate of drug-likeness (QED) is 0.673. The van der Waals surface area contributed by atoms with Gasteiger partial charge in [-0.05, 0) is 36.4 Å². The van der Waals surface area contributed by atoms with Crippen LogP contribution in [0.3, 0.4) is 0 Å². The standard InChI is InChI=1S/C19H20ClN3O5S2/c1-23(11-19(25)21-12-3-5-16(28-2)14(20)9-12)30(26,27)13-4-6-17-15(10-13)22-18(24)7-8-29-17/h3-6,9-10H,7-8,11H2,1-2H3,(H,21,25)(H,22,24). The van der Waals surface area contributed by atoms with Crippen molar-refractivity contribution < 1.29 is 22.7 Å². The van der Waals surface area contributed by atoms with Crippen molar-refractivity contribution in [2.75, 3.05) is 37.1 Å². The van der Waals surface area contributed by atoms with E-state index in [0.717, 1.165) is 9.20 Å². The van der Waals surface area contributed by atoms with Crippen molar-refractivity contribution >= 4 is 56.6 Å². The van der Waals surface area contributed by atoms with Crippen LogP contribution in [0.1, 0.15) is 6.42 Å². The second kappa shape index (κ2) is 9.25. The Hall–Kier alpha value is -2.27. The number of fused-ring (bicyclic) bond motifs is 1. The molecule has 0 radical (unpaired) electrons. The van der Waals surface area contributed by atoms with Gasteiger partial charge in [0, 0.05) is 29.8 Å². The van der Waals surface area contributed by atoms with Gasteiger partial charge >= 0.3 is 0 Å². The molecule has 2 aromatic carbocycles. The van der Waals surface area contributed by atoms with Crippen LogP contribution in [0.15, 0.2) is 46.2 Å². The number of amides is 2. The van der Waals surface area contributed by atoms with Gasteiger partial charge in [-0.3, -0.25) is 9.59 Å². The summed E-state index contributed by atoms with van der Waals surface area (Å²) in [4.78, 5) is 24.9. The monoisotopic (exact) mass is 469 g/mol. The number of rotatable bonds is 6. The molecule has 0 bridgehead atoms. The highest BCUT2D eigenvalue weighted by Crippen LogP contribution is 2.33. The Labute approximate surface area is 184 Å². The number of thioether (sulfide) groups is 1. The molecule has 0 saturated carbocycles. The van der Waals surface area contributed by atoms with Gasteiger partial charge in [0.05, 0.1) is 29.3 Å². The molecule has 0 unspecified atom stereocenters. The molecule has 0 spiro atoms. The smallest absolute Gasteiger partial charge is 0.243 e. The fourth-order valence-electron chi connectivity index (χ4n) is 2.77. The van der Waals surface area contributed by atoms with Crippen LogP contribution < -0.4 is 15.4 Å². The lowest BCUT2D eigenvalue weighted by molar-refractivity contribution is -0.116. The van der Waals surface area contributed by atoms with E-state index in [1.807, 2.05) is 0 Å². The molecule has 1 heterocycles. The highest BCUT2D eigenvalue weighted by Gasteiger charge is 2.25. The number of halogens is 1. The maximum atomic E-state index is 12.9. The Morgan fingerprint density at radius 3 is 2.77 bits per heavy atom. The Kier molecular flexibility index (Phi) is 6.91. The van der Waals surface area contributed by atoms with E-state index < -0.39 is 22.5 Å². The van der Waals surface area contributed by atoms with Crippen LogP contribution in [0.2, 0.25) is 5.02 Å². The molecule has 0 aromatic heterocycles. The number of benzene rings is 2. The fourth-order valence-corrected chi connectivity index (χ4v) is 5.12. The molecule has 8 nitrogen and oxygen atoms in total. The number of carbonyl (C=O) groups excluding carboxylic acids is 2. The van der Waals surface area contributed by atoms with Gasteiger partial charge in [0.25, 0.3) is 0 Å². The first-order valence-electron chi connectivity index (χ1n) is 8.87. The molecular weight excluding hydrogens is 450 g/mol. The normalized spacial score (nSPS) is 13.9. The molecule has 2 N–H and O–H groups in total. The minimum absolute atomic E-state index is 0.00755. The Bertz CT molecular complexity index is 1090. The highest BCUT2D eigenvalue weighted by atomic mass is 35.5. The second-order valence-corrected chi connectivity index (χ2v) is 10.1. The summed E-state index contributed by atoms with van der Waals surface area (Å²) >= 11 is 7.52. The molecule has 0 aliphatic carbocycles. The summed E-state index contributed by atoms with van der Waals surface area (Å²) in [6.45, 7) is -0.399. The number of hydrogen-bond donors (Lipinski definition) is 2. The van der Waals surface area contributed by atoms with Gasteiger partial charge in [-0.15, -0.1) is 11.8 Å². The van der Waals surface area contributed by atoms with Crippen LogP contribution in [0, 0.1) is 0 Å². The van der Waals surface area contributed by atoms with Gasteiger partial charge < -0.3 is 15.4 Å². The number of methoxy groups -OCH3 is 1. The fraction of sp³-hybridized carbons (Fsp3) is 0.263. The summed E-state index contributed by atoms with van der Waals surface area (Å²) in [6, 6.07) is 9.25. The molecule has 0 atom stereocenters. The summed E-state index contributed by atoms with van der Waals surface area (Å²) in [5.41, 5.74) is 0.871. The number of anilines is 2. The second-order valence-electron chi connectivity index (χ2n) is 6.46. The zero-order valence-corrected chi connectivity index (χ0v) is 18.7. The first kappa shape index (κ1) is 22.4. The number of nitrogens with one attached hydrogen (secondary N) is 2. The first-order chi connectivity index (χ1) is 14.2. The summed E-state index contributed by atoms with van der Waals surface area (Å²) < 4.78 is 31.8. The van der Waals surface area contributed by atoms with Crippen molar-refractivity contribution in [3.8, 4) is 5.75 Å². The third kappa shape index (κ3) is 5.07. The lowest BCUT2D eigenvalue weighted by Crippen LogP contribution is -2.35. The Morgan fingerprint density at radius 2 is 2.07 bits per heavy atom. The zero-order chi connectivity index (χ0) is 21.9. The number of carbonyl (C=O) groups is 2. The minimum Gasteiger partial charge on any atom is -0.495 e. The van der Waals surface area contributed by atoms with Crippen molar-refractivity contribution in [3.05, 3.63) is 41.4 Å². The predicted octanol–water partition coefficient (Wildman–Crippen LogP) is 3.04. The summed E-state index contributed by atoms with van der Waals surface area (Å²) in [7, 11) is -1.15. The van der Waals surface area contributed by atoms with Gasteiger partial charge in [-0.1, -0.05) is 11.6 Å². The van der Waals surface area contributed by atoms with E-state index >= 15 is 0 Å². The van der Waals surface area contributed by atoms with Gasteiger partial charge in [0.2, 0.25) is 21.8 Å². The molecule has 0 saturated heterocycles. The molecule has 2 amide bonds. The summed E-state index contributed by atoms with van der Waals surface area (Å²) in [5.74, 6) is 0.394. The van der Waals surface area contributed by atoms with E-state index in [0.29, 0.717) is 34.3 Å². The number of nitrogens with zero attached hydrogens (tertiary/aromatic N) is 1. The van der Waals surface area contributed by atoms with Crippen LogP contribution in [-0.4, -0.2) is 51.0 Å².